The van der Waals surface area contributed by atoms with Gasteiger partial charge in [0, 0.05) is 19.3 Å². The number of pyridine rings is 1. The van der Waals surface area contributed by atoms with Crippen molar-refractivity contribution in [3.63, 3.8) is 0 Å². The van der Waals surface area contributed by atoms with Gasteiger partial charge in [0.05, 0.1) is 0 Å². The van der Waals surface area contributed by atoms with Crippen LogP contribution in [0, 0.1) is 0 Å². The highest BCUT2D eigenvalue weighted by Gasteiger charge is 2.05. The van der Waals surface area contributed by atoms with E-state index in [2.05, 4.69) is 15.2 Å². The Morgan fingerprint density at radius 3 is 2.75 bits per heavy atom. The van der Waals surface area contributed by atoms with Gasteiger partial charge in [-0.15, -0.1) is 10.2 Å². The second-order valence-electron chi connectivity index (χ2n) is 3.54. The van der Waals surface area contributed by atoms with Gasteiger partial charge in [0.25, 0.3) is 0 Å². The molecule has 0 aliphatic rings. The molecule has 6 heteroatoms. The molecule has 84 valence electrons. The van der Waals surface area contributed by atoms with Gasteiger partial charge in [-0.1, -0.05) is 6.07 Å². The Labute approximate surface area is 98.1 Å². The van der Waals surface area contributed by atoms with Gasteiger partial charge >= 0.3 is 0 Å². The van der Waals surface area contributed by atoms with Gasteiger partial charge in [0.1, 0.15) is 11.4 Å². The lowest BCUT2D eigenvalue weighted by atomic mass is 10.2. The van der Waals surface area contributed by atoms with E-state index in [0.717, 1.165) is 15.7 Å². The van der Waals surface area contributed by atoms with Crippen molar-refractivity contribution >= 4 is 11.8 Å². The van der Waals surface area contributed by atoms with Crippen LogP contribution in [0.4, 0.5) is 0 Å². The normalized spacial score (nSPS) is 12.7. The molecule has 2 aromatic rings. The Kier molecular flexibility index (Phi) is 3.21. The lowest BCUT2D eigenvalue weighted by molar-refractivity contribution is 0.785. The van der Waals surface area contributed by atoms with Crippen LogP contribution in [-0.4, -0.2) is 19.7 Å². The Balaban J connectivity index is 2.14. The summed E-state index contributed by atoms with van der Waals surface area (Å²) in [5.74, 6) is 0. The monoisotopic (exact) mass is 235 g/mol. The van der Waals surface area contributed by atoms with Crippen molar-refractivity contribution in [3.05, 3.63) is 30.2 Å². The van der Waals surface area contributed by atoms with Gasteiger partial charge in [-0.3, -0.25) is 0 Å². The highest BCUT2D eigenvalue weighted by molar-refractivity contribution is 7.99. The molecular formula is C10H13N5S. The fourth-order valence-electron chi connectivity index (χ4n) is 1.18. The zero-order chi connectivity index (χ0) is 11.5. The maximum Gasteiger partial charge on any atom is 0.197 e. The molecule has 0 bridgehead atoms. The summed E-state index contributed by atoms with van der Waals surface area (Å²) in [6, 6.07) is 3.94. The van der Waals surface area contributed by atoms with Crippen LogP contribution >= 0.6 is 11.8 Å². The van der Waals surface area contributed by atoms with Gasteiger partial charge in [0.2, 0.25) is 0 Å². The Bertz CT molecular complexity index is 462. The SMILES string of the molecule is CC(N)c1ccc(Sc2nncn2C)nc1. The molecule has 0 saturated carbocycles. The third-order valence-electron chi connectivity index (χ3n) is 2.15. The van der Waals surface area contributed by atoms with E-state index in [1.165, 1.54) is 11.8 Å². The van der Waals surface area contributed by atoms with Gasteiger partial charge in [-0.05, 0) is 30.3 Å². The third-order valence-corrected chi connectivity index (χ3v) is 3.15. The molecule has 5 nitrogen and oxygen atoms in total. The van der Waals surface area contributed by atoms with Gasteiger partial charge in [-0.2, -0.15) is 0 Å². The number of aromatic nitrogens is 4. The number of nitrogens with zero attached hydrogens (tertiary/aromatic N) is 4. The molecule has 0 amide bonds. The van der Waals surface area contributed by atoms with Crippen LogP contribution in [0.15, 0.2) is 34.8 Å². The predicted octanol–water partition coefficient (Wildman–Crippen LogP) is 1.38. The van der Waals surface area contributed by atoms with Crippen molar-refractivity contribution in [1.29, 1.82) is 0 Å². The molecule has 2 heterocycles. The summed E-state index contributed by atoms with van der Waals surface area (Å²) in [5, 5.41) is 9.50. The van der Waals surface area contributed by atoms with E-state index >= 15 is 0 Å². The molecule has 2 aromatic heterocycles. The molecule has 2 rings (SSSR count). The van der Waals surface area contributed by atoms with Crippen LogP contribution in [0.2, 0.25) is 0 Å². The minimum Gasteiger partial charge on any atom is -0.324 e. The lowest BCUT2D eigenvalue weighted by Crippen LogP contribution is -2.05. The first-order valence-electron chi connectivity index (χ1n) is 4.90. The van der Waals surface area contributed by atoms with Crippen LogP contribution in [0.5, 0.6) is 0 Å². The molecular weight excluding hydrogens is 222 g/mol. The summed E-state index contributed by atoms with van der Waals surface area (Å²) in [4.78, 5) is 4.32. The summed E-state index contributed by atoms with van der Waals surface area (Å²) in [6.07, 6.45) is 3.46. The maximum absolute atomic E-state index is 5.75. The highest BCUT2D eigenvalue weighted by Crippen LogP contribution is 2.23. The van der Waals surface area contributed by atoms with Gasteiger partial charge in [0.15, 0.2) is 5.16 Å². The minimum atomic E-state index is 0.0152. The molecule has 0 fully saturated rings. The van der Waals surface area contributed by atoms with Crippen LogP contribution in [0.3, 0.4) is 0 Å². The second kappa shape index (κ2) is 4.63. The molecule has 1 atom stereocenters. The van der Waals surface area contributed by atoms with E-state index in [-0.39, 0.29) is 6.04 Å². The fraction of sp³-hybridized carbons (Fsp3) is 0.300. The molecule has 0 radical (unpaired) electrons. The molecule has 1 unspecified atom stereocenters. The fourth-order valence-corrected chi connectivity index (χ4v) is 1.89. The number of hydrogen-bond donors (Lipinski definition) is 1. The van der Waals surface area contributed by atoms with Gasteiger partial charge in [-0.25, -0.2) is 4.98 Å². The molecule has 0 spiro atoms. The van der Waals surface area contributed by atoms with E-state index in [0.29, 0.717) is 0 Å². The highest BCUT2D eigenvalue weighted by atomic mass is 32.2. The molecule has 0 saturated heterocycles. The number of aryl methyl sites for hydroxylation is 1. The first-order chi connectivity index (χ1) is 7.66. The van der Waals surface area contributed by atoms with Crippen molar-refractivity contribution in [3.8, 4) is 0 Å². The minimum absolute atomic E-state index is 0.0152. The zero-order valence-corrected chi connectivity index (χ0v) is 9.98. The van der Waals surface area contributed by atoms with E-state index < -0.39 is 0 Å². The largest absolute Gasteiger partial charge is 0.324 e. The van der Waals surface area contributed by atoms with Crippen LogP contribution in [-0.2, 0) is 7.05 Å². The molecule has 0 aromatic carbocycles. The summed E-state index contributed by atoms with van der Waals surface area (Å²) in [5.41, 5.74) is 6.78. The Morgan fingerprint density at radius 1 is 1.44 bits per heavy atom. The Hall–Kier alpha value is -1.40. The van der Waals surface area contributed by atoms with Crippen molar-refractivity contribution in [2.75, 3.05) is 0 Å². The van der Waals surface area contributed by atoms with E-state index in [1.54, 1.807) is 12.5 Å². The predicted molar refractivity (Wildman–Crippen MR) is 62.0 cm³/mol. The topological polar surface area (TPSA) is 69.6 Å². The van der Waals surface area contributed by atoms with Crippen molar-refractivity contribution in [1.82, 2.24) is 19.7 Å². The first-order valence-corrected chi connectivity index (χ1v) is 5.72. The van der Waals surface area contributed by atoms with Crippen LogP contribution < -0.4 is 5.73 Å². The van der Waals surface area contributed by atoms with Gasteiger partial charge < -0.3 is 10.3 Å². The summed E-state index contributed by atoms with van der Waals surface area (Å²) < 4.78 is 1.85. The molecule has 0 aliphatic heterocycles. The smallest absolute Gasteiger partial charge is 0.197 e. The first kappa shape index (κ1) is 11.1. The maximum atomic E-state index is 5.75. The van der Waals surface area contributed by atoms with E-state index in [4.69, 9.17) is 5.73 Å². The average Bonchev–Trinajstić information content (AvgIpc) is 2.65. The van der Waals surface area contributed by atoms with Crippen LogP contribution in [0.1, 0.15) is 18.5 Å². The number of rotatable bonds is 3. The second-order valence-corrected chi connectivity index (χ2v) is 4.53. The standard InChI is InChI=1S/C10H13N5S/c1-7(11)8-3-4-9(12-5-8)16-10-14-13-6-15(10)2/h3-7H,11H2,1-2H3. The van der Waals surface area contributed by atoms with E-state index in [1.807, 2.05) is 30.7 Å². The number of nitrogens with two attached hydrogens (primary N) is 1. The Morgan fingerprint density at radius 2 is 2.25 bits per heavy atom. The molecule has 16 heavy (non-hydrogen) atoms. The van der Waals surface area contributed by atoms with Crippen molar-refractivity contribution < 1.29 is 0 Å². The summed E-state index contributed by atoms with van der Waals surface area (Å²) >= 11 is 1.48. The van der Waals surface area contributed by atoms with E-state index in [9.17, 15) is 0 Å². The quantitative estimate of drug-likeness (QED) is 0.870. The third kappa shape index (κ3) is 2.40. The molecule has 2 N–H and O–H groups in total. The summed E-state index contributed by atoms with van der Waals surface area (Å²) in [6.45, 7) is 1.94. The summed E-state index contributed by atoms with van der Waals surface area (Å²) in [7, 11) is 1.90. The zero-order valence-electron chi connectivity index (χ0n) is 9.16. The number of hydrogen-bond acceptors (Lipinski definition) is 5. The average molecular weight is 235 g/mol. The van der Waals surface area contributed by atoms with Crippen molar-refractivity contribution in [2.24, 2.45) is 12.8 Å². The van der Waals surface area contributed by atoms with Crippen LogP contribution in [0.25, 0.3) is 0 Å². The lowest BCUT2D eigenvalue weighted by Gasteiger charge is -2.05. The van der Waals surface area contributed by atoms with Crippen molar-refractivity contribution in [2.45, 2.75) is 23.1 Å². The molecule has 0 aliphatic carbocycles.